The lowest BCUT2D eigenvalue weighted by molar-refractivity contribution is -0.870. The molecule has 13 nitrogen and oxygen atoms in total. The molecule has 1 heterocycles. The van der Waals surface area contributed by atoms with Crippen LogP contribution in [0.25, 0.3) is 0 Å². The number of carbonyl (C=O) groups is 2. The second kappa shape index (κ2) is 34.5. The molecular weight excluding hydrogens is 789 g/mol. The van der Waals surface area contributed by atoms with Crippen molar-refractivity contribution in [3.05, 3.63) is 36.5 Å². The van der Waals surface area contributed by atoms with Gasteiger partial charge in [0.1, 0.15) is 19.8 Å². The standard InChI is InChI=1S/C46H84NO12P/c1-6-8-10-11-12-13-14-15-16-17-18-19-20-21-26-30-44(50)55-37-40(38-57-60(53,54)56-35-34-47(3,4)5)58-45(51)31-27-23-22-25-29-41-42(49)36-46(52)59-43(41)33-32-39(48)28-24-9-7-2/h9,22,24-25,32-33,39-43,46,48-49,52H,6-8,10-21,23,26-31,34-38H2,1-5H3/p+1/b24-9-,25-22-,33-32+. The van der Waals surface area contributed by atoms with E-state index in [1.807, 2.05) is 52.4 Å². The highest BCUT2D eigenvalue weighted by atomic mass is 31.2. The Balaban J connectivity index is 2.52. The Kier molecular flexibility index (Phi) is 32.3. The SMILES string of the molecule is CC/C=C\CC(O)/C=C/C1OC(O)CC(O)C1C/C=C\CCCC(=O)OC(COC(=O)CCCCCCCCCCCCCCCCC)COP(=O)(O)OCC[N+](C)(C)C. The van der Waals surface area contributed by atoms with Crippen LogP contribution in [-0.4, -0.2) is 115 Å². The molecular formula is C46H85NO12P+. The number of phosphoric ester groups is 1. The van der Waals surface area contributed by atoms with Crippen LogP contribution in [0, 0.1) is 5.92 Å². The lowest BCUT2D eigenvalue weighted by atomic mass is 9.87. The zero-order valence-corrected chi connectivity index (χ0v) is 38.9. The maximum Gasteiger partial charge on any atom is 0.472 e. The van der Waals surface area contributed by atoms with Crippen molar-refractivity contribution in [1.29, 1.82) is 0 Å². The summed E-state index contributed by atoms with van der Waals surface area (Å²) in [6.45, 7) is 3.91. The van der Waals surface area contributed by atoms with Crippen LogP contribution >= 0.6 is 7.82 Å². The van der Waals surface area contributed by atoms with Crippen molar-refractivity contribution in [3.8, 4) is 0 Å². The molecule has 7 unspecified atom stereocenters. The molecule has 0 spiro atoms. The Hall–Kier alpha value is -1.93. The van der Waals surface area contributed by atoms with Gasteiger partial charge < -0.3 is 38.9 Å². The van der Waals surface area contributed by atoms with Gasteiger partial charge in [0.25, 0.3) is 0 Å². The molecule has 1 aliphatic heterocycles. The summed E-state index contributed by atoms with van der Waals surface area (Å²) < 4.78 is 39.9. The Morgan fingerprint density at radius 2 is 1.38 bits per heavy atom. The van der Waals surface area contributed by atoms with Crippen LogP contribution in [-0.2, 0) is 37.4 Å². The van der Waals surface area contributed by atoms with E-state index < -0.39 is 57.1 Å². The number of unbranched alkanes of at least 4 members (excludes halogenated alkanes) is 15. The highest BCUT2D eigenvalue weighted by Gasteiger charge is 2.35. The first-order valence-corrected chi connectivity index (χ1v) is 24.6. The number of ether oxygens (including phenoxy) is 3. The molecule has 0 radical (unpaired) electrons. The minimum atomic E-state index is -4.45. The number of hydrogen-bond donors (Lipinski definition) is 4. The summed E-state index contributed by atoms with van der Waals surface area (Å²) in [5, 5.41) is 31.0. The molecule has 0 aliphatic carbocycles. The molecule has 0 aromatic heterocycles. The van der Waals surface area contributed by atoms with E-state index in [0.717, 1.165) is 25.7 Å². The molecule has 0 aromatic carbocycles. The zero-order chi connectivity index (χ0) is 44.5. The van der Waals surface area contributed by atoms with Gasteiger partial charge in [-0.3, -0.25) is 18.6 Å². The zero-order valence-electron chi connectivity index (χ0n) is 38.0. The van der Waals surface area contributed by atoms with E-state index in [9.17, 15) is 34.4 Å². The summed E-state index contributed by atoms with van der Waals surface area (Å²) in [6, 6.07) is 0. The van der Waals surface area contributed by atoms with Crippen molar-refractivity contribution in [3.63, 3.8) is 0 Å². The minimum Gasteiger partial charge on any atom is -0.462 e. The largest absolute Gasteiger partial charge is 0.472 e. The fourth-order valence-corrected chi connectivity index (χ4v) is 7.52. The van der Waals surface area contributed by atoms with Gasteiger partial charge in [-0.2, -0.15) is 0 Å². The monoisotopic (exact) mass is 875 g/mol. The number of rotatable bonds is 37. The van der Waals surface area contributed by atoms with Crippen molar-refractivity contribution in [1.82, 2.24) is 0 Å². The highest BCUT2D eigenvalue weighted by Crippen LogP contribution is 2.43. The van der Waals surface area contributed by atoms with Crippen molar-refractivity contribution >= 4 is 19.8 Å². The number of quaternary nitrogens is 1. The number of hydrogen-bond acceptors (Lipinski definition) is 11. The fourth-order valence-electron chi connectivity index (χ4n) is 6.78. The van der Waals surface area contributed by atoms with Gasteiger partial charge in [0, 0.05) is 25.2 Å². The van der Waals surface area contributed by atoms with Gasteiger partial charge in [-0.05, 0) is 38.5 Å². The summed E-state index contributed by atoms with van der Waals surface area (Å²) in [4.78, 5) is 35.6. The molecule has 60 heavy (non-hydrogen) atoms. The number of phosphoric acid groups is 1. The van der Waals surface area contributed by atoms with E-state index in [0.29, 0.717) is 43.1 Å². The Bertz CT molecular complexity index is 1240. The molecule has 1 rings (SSSR count). The summed E-state index contributed by atoms with van der Waals surface area (Å²) in [5.74, 6) is -1.33. The molecule has 1 fully saturated rings. The van der Waals surface area contributed by atoms with E-state index in [1.54, 1.807) is 12.2 Å². The number of esters is 2. The van der Waals surface area contributed by atoms with Crippen molar-refractivity contribution < 1.29 is 62.1 Å². The van der Waals surface area contributed by atoms with Gasteiger partial charge in [0.2, 0.25) is 0 Å². The molecule has 0 bridgehead atoms. The number of allylic oxidation sites excluding steroid dienone is 3. The minimum absolute atomic E-state index is 0.0183. The lowest BCUT2D eigenvalue weighted by Gasteiger charge is -2.36. The van der Waals surface area contributed by atoms with Crippen molar-refractivity contribution in [2.75, 3.05) is 47.5 Å². The van der Waals surface area contributed by atoms with Gasteiger partial charge in [0.15, 0.2) is 12.4 Å². The number of carbonyl (C=O) groups excluding carboxylic acids is 2. The third-order valence-electron chi connectivity index (χ3n) is 10.5. The first-order valence-electron chi connectivity index (χ1n) is 23.1. The van der Waals surface area contributed by atoms with Gasteiger partial charge in [-0.25, -0.2) is 4.57 Å². The number of aliphatic hydroxyl groups is 3. The van der Waals surface area contributed by atoms with Crippen molar-refractivity contribution in [2.45, 2.75) is 192 Å². The predicted octanol–water partition coefficient (Wildman–Crippen LogP) is 9.02. The molecule has 1 saturated heterocycles. The van der Waals surface area contributed by atoms with Gasteiger partial charge in [0.05, 0.1) is 46.1 Å². The second-order valence-corrected chi connectivity index (χ2v) is 18.7. The number of aliphatic hydroxyl groups excluding tert-OH is 3. The molecule has 1 aliphatic rings. The normalized spacial score (nSPS) is 20.8. The van der Waals surface area contributed by atoms with E-state index in [-0.39, 0.29) is 38.4 Å². The average Bonchev–Trinajstić information content (AvgIpc) is 3.18. The summed E-state index contributed by atoms with van der Waals surface area (Å²) in [5.41, 5.74) is 0. The first kappa shape index (κ1) is 56.1. The van der Waals surface area contributed by atoms with Crippen LogP contribution in [0.5, 0.6) is 0 Å². The summed E-state index contributed by atoms with van der Waals surface area (Å²) >= 11 is 0. The molecule has 0 saturated carbocycles. The number of nitrogens with zero attached hydrogens (tertiary/aromatic N) is 1. The van der Waals surface area contributed by atoms with Crippen LogP contribution in [0.2, 0.25) is 0 Å². The van der Waals surface area contributed by atoms with Crippen LogP contribution in [0.4, 0.5) is 0 Å². The van der Waals surface area contributed by atoms with Gasteiger partial charge in [-0.15, -0.1) is 0 Å². The Morgan fingerprint density at radius 1 is 0.783 bits per heavy atom. The van der Waals surface area contributed by atoms with Crippen molar-refractivity contribution in [2.24, 2.45) is 5.92 Å². The molecule has 0 amide bonds. The third-order valence-corrected chi connectivity index (χ3v) is 11.4. The van der Waals surface area contributed by atoms with Crippen LogP contribution in [0.3, 0.4) is 0 Å². The predicted molar refractivity (Wildman–Crippen MR) is 237 cm³/mol. The van der Waals surface area contributed by atoms with Crippen LogP contribution in [0.1, 0.15) is 162 Å². The molecule has 14 heteroatoms. The second-order valence-electron chi connectivity index (χ2n) is 17.3. The highest BCUT2D eigenvalue weighted by molar-refractivity contribution is 7.47. The molecule has 350 valence electrons. The fraction of sp³-hybridized carbons (Fsp3) is 0.826. The van der Waals surface area contributed by atoms with E-state index >= 15 is 0 Å². The average molecular weight is 875 g/mol. The molecule has 4 N–H and O–H groups in total. The van der Waals surface area contributed by atoms with Gasteiger partial charge >= 0.3 is 19.8 Å². The Labute approximate surface area is 363 Å². The van der Waals surface area contributed by atoms with E-state index in [4.69, 9.17) is 23.3 Å². The quantitative estimate of drug-likeness (QED) is 0.0153. The van der Waals surface area contributed by atoms with Crippen LogP contribution in [0.15, 0.2) is 36.5 Å². The lowest BCUT2D eigenvalue weighted by Crippen LogP contribution is -2.43. The molecule has 0 aromatic rings. The topological polar surface area (TPSA) is 178 Å². The number of likely N-dealkylation sites (N-methyl/N-ethyl adjacent to an activating group) is 1. The first-order chi connectivity index (χ1) is 28.7. The molecule has 7 atom stereocenters. The smallest absolute Gasteiger partial charge is 0.462 e. The van der Waals surface area contributed by atoms with Crippen LogP contribution < -0.4 is 0 Å². The third kappa shape index (κ3) is 31.8. The summed E-state index contributed by atoms with van der Waals surface area (Å²) in [7, 11) is 1.31. The van der Waals surface area contributed by atoms with E-state index in [2.05, 4.69) is 6.92 Å². The maximum atomic E-state index is 12.8. The maximum absolute atomic E-state index is 12.8. The summed E-state index contributed by atoms with van der Waals surface area (Å²) in [6.07, 6.45) is 28.2. The van der Waals surface area contributed by atoms with Gasteiger partial charge in [-0.1, -0.05) is 140 Å². The van der Waals surface area contributed by atoms with E-state index in [1.165, 1.54) is 70.6 Å². The Morgan fingerprint density at radius 3 is 1.98 bits per heavy atom.